The second kappa shape index (κ2) is 7.63. The van der Waals surface area contributed by atoms with E-state index in [1.165, 1.54) is 11.3 Å². The third-order valence-corrected chi connectivity index (χ3v) is 7.41. The summed E-state index contributed by atoms with van der Waals surface area (Å²) in [5, 5.41) is 0. The number of nitrogens with one attached hydrogen (secondary N) is 1. The Bertz CT molecular complexity index is 751. The van der Waals surface area contributed by atoms with Crippen LogP contribution >= 0.6 is 11.3 Å². The minimum Gasteiger partial charge on any atom is -0.474 e. The molecule has 2 heterocycles. The first kappa shape index (κ1) is 17.4. The van der Waals surface area contributed by atoms with Gasteiger partial charge in [0, 0.05) is 23.2 Å². The molecule has 2 aromatic heterocycles. The van der Waals surface area contributed by atoms with Gasteiger partial charge >= 0.3 is 0 Å². The van der Waals surface area contributed by atoms with Gasteiger partial charge in [0.05, 0.1) is 0 Å². The molecular weight excluding hydrogens is 344 g/mol. The van der Waals surface area contributed by atoms with Gasteiger partial charge < -0.3 is 4.74 Å². The number of aryl methyl sites for hydroxylation is 1. The molecule has 24 heavy (non-hydrogen) atoms. The highest BCUT2D eigenvalue weighted by atomic mass is 32.2. The van der Waals surface area contributed by atoms with Crippen molar-refractivity contribution >= 4 is 21.4 Å². The van der Waals surface area contributed by atoms with Gasteiger partial charge in [-0.15, -0.1) is 11.3 Å². The molecule has 1 N–H and O–H groups in total. The lowest BCUT2D eigenvalue weighted by Crippen LogP contribution is -2.39. The van der Waals surface area contributed by atoms with E-state index in [9.17, 15) is 8.42 Å². The zero-order valence-corrected chi connectivity index (χ0v) is 15.3. The van der Waals surface area contributed by atoms with Crippen molar-refractivity contribution in [1.29, 1.82) is 0 Å². The summed E-state index contributed by atoms with van der Waals surface area (Å²) >= 11 is 1.35. The standard InChI is InChI=1S/C17H22N2O3S2/c1-2-15-10-11-17(23-15)24(20,21)19-13-6-8-14(9-7-13)22-16-5-3-4-12-18-16/h3-5,10-14,19H,2,6-9H2,1H3. The van der Waals surface area contributed by atoms with Crippen LogP contribution in [0.2, 0.25) is 0 Å². The summed E-state index contributed by atoms with van der Waals surface area (Å²) < 4.78 is 34.0. The molecule has 0 aromatic carbocycles. The summed E-state index contributed by atoms with van der Waals surface area (Å²) in [7, 11) is -3.41. The monoisotopic (exact) mass is 366 g/mol. The van der Waals surface area contributed by atoms with Crippen LogP contribution in [0.3, 0.4) is 0 Å². The third kappa shape index (κ3) is 4.34. The molecule has 0 aliphatic heterocycles. The van der Waals surface area contributed by atoms with Gasteiger partial charge in [-0.1, -0.05) is 13.0 Å². The van der Waals surface area contributed by atoms with Crippen molar-refractivity contribution in [3.63, 3.8) is 0 Å². The van der Waals surface area contributed by atoms with Gasteiger partial charge in [0.2, 0.25) is 15.9 Å². The molecule has 130 valence electrons. The van der Waals surface area contributed by atoms with E-state index in [-0.39, 0.29) is 12.1 Å². The minimum atomic E-state index is -3.41. The summed E-state index contributed by atoms with van der Waals surface area (Å²) in [6, 6.07) is 9.15. The van der Waals surface area contributed by atoms with E-state index in [1.54, 1.807) is 12.3 Å². The van der Waals surface area contributed by atoms with Crippen molar-refractivity contribution < 1.29 is 13.2 Å². The van der Waals surface area contributed by atoms with Crippen LogP contribution in [0.5, 0.6) is 5.88 Å². The summed E-state index contributed by atoms with van der Waals surface area (Å²) in [4.78, 5) is 5.25. The molecule has 0 bridgehead atoms. The minimum absolute atomic E-state index is 0.0224. The first-order valence-electron chi connectivity index (χ1n) is 8.25. The summed E-state index contributed by atoms with van der Waals surface area (Å²) in [6.07, 6.45) is 5.89. The highest BCUT2D eigenvalue weighted by Gasteiger charge is 2.27. The maximum absolute atomic E-state index is 12.5. The molecule has 0 atom stereocenters. The molecule has 7 heteroatoms. The number of thiophene rings is 1. The fourth-order valence-corrected chi connectivity index (χ4v) is 5.47. The Morgan fingerprint density at radius 2 is 2.00 bits per heavy atom. The predicted molar refractivity (Wildman–Crippen MR) is 94.9 cm³/mol. The zero-order valence-electron chi connectivity index (χ0n) is 13.6. The van der Waals surface area contributed by atoms with Gasteiger partial charge in [-0.2, -0.15) is 0 Å². The quantitative estimate of drug-likeness (QED) is 0.851. The van der Waals surface area contributed by atoms with E-state index in [2.05, 4.69) is 9.71 Å². The number of aromatic nitrogens is 1. The lowest BCUT2D eigenvalue weighted by Gasteiger charge is -2.28. The molecule has 1 aliphatic rings. The maximum Gasteiger partial charge on any atom is 0.250 e. The Morgan fingerprint density at radius 3 is 2.62 bits per heavy atom. The second-order valence-electron chi connectivity index (χ2n) is 5.96. The molecule has 0 radical (unpaired) electrons. The molecule has 1 fully saturated rings. The van der Waals surface area contributed by atoms with Gasteiger partial charge in [-0.25, -0.2) is 18.1 Å². The van der Waals surface area contributed by atoms with Crippen LogP contribution in [-0.2, 0) is 16.4 Å². The molecule has 0 amide bonds. The SMILES string of the molecule is CCc1ccc(S(=O)(=O)NC2CCC(Oc3ccccn3)CC2)s1. The molecule has 2 aromatic rings. The first-order chi connectivity index (χ1) is 11.6. The highest BCUT2D eigenvalue weighted by molar-refractivity contribution is 7.91. The van der Waals surface area contributed by atoms with Crippen molar-refractivity contribution in [1.82, 2.24) is 9.71 Å². The molecule has 0 unspecified atom stereocenters. The fraction of sp³-hybridized carbons (Fsp3) is 0.471. The molecule has 1 saturated carbocycles. The number of pyridine rings is 1. The lowest BCUT2D eigenvalue weighted by atomic mass is 9.94. The van der Waals surface area contributed by atoms with Crippen LogP contribution < -0.4 is 9.46 Å². The Labute approximate surface area is 147 Å². The number of ether oxygens (including phenoxy) is 1. The largest absolute Gasteiger partial charge is 0.474 e. The summed E-state index contributed by atoms with van der Waals surface area (Å²) in [6.45, 7) is 2.03. The number of nitrogens with zero attached hydrogens (tertiary/aromatic N) is 1. The maximum atomic E-state index is 12.5. The van der Waals surface area contributed by atoms with Crippen LogP contribution in [0, 0.1) is 0 Å². The second-order valence-corrected chi connectivity index (χ2v) is 9.06. The first-order valence-corrected chi connectivity index (χ1v) is 10.6. The fourth-order valence-electron chi connectivity index (χ4n) is 2.86. The van der Waals surface area contributed by atoms with Crippen LogP contribution in [0.1, 0.15) is 37.5 Å². The molecule has 0 saturated heterocycles. The van der Waals surface area contributed by atoms with Crippen molar-refractivity contribution in [2.75, 3.05) is 0 Å². The molecule has 5 nitrogen and oxygen atoms in total. The summed E-state index contributed by atoms with van der Waals surface area (Å²) in [5.41, 5.74) is 0. The van der Waals surface area contributed by atoms with Crippen LogP contribution in [0.4, 0.5) is 0 Å². The Balaban J connectivity index is 1.53. The van der Waals surface area contributed by atoms with E-state index >= 15 is 0 Å². The van der Waals surface area contributed by atoms with E-state index in [1.807, 2.05) is 31.2 Å². The van der Waals surface area contributed by atoms with Gasteiger partial charge in [0.25, 0.3) is 0 Å². The molecule has 0 spiro atoms. The number of rotatable bonds is 6. The van der Waals surface area contributed by atoms with Gasteiger partial charge in [-0.05, 0) is 50.3 Å². The van der Waals surface area contributed by atoms with Crippen molar-refractivity contribution in [2.45, 2.75) is 55.4 Å². The van der Waals surface area contributed by atoms with E-state index < -0.39 is 10.0 Å². The van der Waals surface area contributed by atoms with Crippen molar-refractivity contribution in [3.8, 4) is 5.88 Å². The third-order valence-electron chi connectivity index (χ3n) is 4.17. The van der Waals surface area contributed by atoms with Gasteiger partial charge in [-0.3, -0.25) is 0 Å². The number of hydrogen-bond acceptors (Lipinski definition) is 5. The molecule has 1 aliphatic carbocycles. The Hall–Kier alpha value is -1.44. The van der Waals surface area contributed by atoms with Gasteiger partial charge in [0.1, 0.15) is 10.3 Å². The van der Waals surface area contributed by atoms with Crippen LogP contribution in [-0.4, -0.2) is 25.5 Å². The topological polar surface area (TPSA) is 68.3 Å². The van der Waals surface area contributed by atoms with Crippen molar-refractivity contribution in [3.05, 3.63) is 41.4 Å². The van der Waals surface area contributed by atoms with E-state index in [0.717, 1.165) is 37.0 Å². The molecule has 3 rings (SSSR count). The van der Waals surface area contributed by atoms with E-state index in [0.29, 0.717) is 10.1 Å². The van der Waals surface area contributed by atoms with E-state index in [4.69, 9.17) is 4.74 Å². The highest BCUT2D eigenvalue weighted by Crippen LogP contribution is 2.26. The Morgan fingerprint density at radius 1 is 1.21 bits per heavy atom. The van der Waals surface area contributed by atoms with Crippen LogP contribution in [0.25, 0.3) is 0 Å². The lowest BCUT2D eigenvalue weighted by molar-refractivity contribution is 0.138. The molecular formula is C17H22N2O3S2. The smallest absolute Gasteiger partial charge is 0.250 e. The number of hydrogen-bond donors (Lipinski definition) is 1. The van der Waals surface area contributed by atoms with Gasteiger partial charge in [0.15, 0.2) is 0 Å². The average molecular weight is 367 g/mol. The van der Waals surface area contributed by atoms with Crippen LogP contribution in [0.15, 0.2) is 40.7 Å². The normalized spacial score (nSPS) is 21.5. The zero-order chi connectivity index (χ0) is 17.0. The predicted octanol–water partition coefficient (Wildman–Crippen LogP) is 3.37. The summed E-state index contributed by atoms with van der Waals surface area (Å²) in [5.74, 6) is 0.632. The number of sulfonamides is 1. The van der Waals surface area contributed by atoms with Crippen molar-refractivity contribution in [2.24, 2.45) is 0 Å². The average Bonchev–Trinajstić information content (AvgIpc) is 3.08. The Kier molecular flexibility index (Phi) is 5.53.